The monoisotopic (exact) mass is 490 g/mol. The fourth-order valence-corrected chi connectivity index (χ4v) is 7.69. The third-order valence-electron chi connectivity index (χ3n) is 6.50. The van der Waals surface area contributed by atoms with Crippen molar-refractivity contribution >= 4 is 33.2 Å². The van der Waals surface area contributed by atoms with E-state index in [1.807, 2.05) is 30.3 Å². The highest BCUT2D eigenvalue weighted by Gasteiger charge is 2.35. The van der Waals surface area contributed by atoms with E-state index in [1.54, 1.807) is 4.90 Å². The van der Waals surface area contributed by atoms with E-state index in [-0.39, 0.29) is 22.2 Å². The first-order valence-corrected chi connectivity index (χ1v) is 13.7. The van der Waals surface area contributed by atoms with E-state index in [1.165, 1.54) is 20.0 Å². The lowest BCUT2D eigenvalue weighted by Crippen LogP contribution is -2.36. The molecule has 1 saturated carbocycles. The number of carbonyl (C=O) groups is 2. The highest BCUT2D eigenvalue weighted by molar-refractivity contribution is 7.91. The van der Waals surface area contributed by atoms with Crippen LogP contribution in [-0.4, -0.2) is 45.4 Å². The normalized spacial score (nSPS) is 16.6. The molecule has 0 bridgehead atoms. The Hall–Kier alpha value is -2.23. The number of hydrogen-bond donors (Lipinski definition) is 1. The van der Waals surface area contributed by atoms with Crippen molar-refractivity contribution in [3.05, 3.63) is 51.9 Å². The van der Waals surface area contributed by atoms with Crippen LogP contribution in [0.3, 0.4) is 0 Å². The van der Waals surface area contributed by atoms with Crippen molar-refractivity contribution in [2.24, 2.45) is 5.92 Å². The van der Waals surface area contributed by atoms with Crippen LogP contribution in [0.5, 0.6) is 0 Å². The molecule has 1 aliphatic carbocycles. The average molecular weight is 491 g/mol. The summed E-state index contributed by atoms with van der Waals surface area (Å²) in [5.41, 5.74) is 1.84. The van der Waals surface area contributed by atoms with E-state index in [4.69, 9.17) is 4.74 Å². The molecule has 0 atom stereocenters. The number of methoxy groups -OCH3 is 1. The van der Waals surface area contributed by atoms with Crippen LogP contribution in [0.2, 0.25) is 0 Å². The predicted octanol–water partition coefficient (Wildman–Crippen LogP) is 3.52. The van der Waals surface area contributed by atoms with Crippen molar-refractivity contribution in [3.63, 3.8) is 0 Å². The van der Waals surface area contributed by atoms with Gasteiger partial charge in [-0.3, -0.25) is 4.79 Å². The first kappa shape index (κ1) is 23.9. The zero-order chi connectivity index (χ0) is 23.4. The molecule has 178 valence electrons. The van der Waals surface area contributed by atoms with Gasteiger partial charge >= 0.3 is 5.97 Å². The summed E-state index contributed by atoms with van der Waals surface area (Å²) in [5.74, 6) is -0.0785. The van der Waals surface area contributed by atoms with E-state index in [9.17, 15) is 18.0 Å². The van der Waals surface area contributed by atoms with Crippen LogP contribution in [0.25, 0.3) is 0 Å². The predicted molar refractivity (Wildman–Crippen MR) is 127 cm³/mol. The number of ether oxygens (including phenoxy) is 1. The first-order valence-electron chi connectivity index (χ1n) is 11.4. The molecule has 0 radical (unpaired) electrons. The summed E-state index contributed by atoms with van der Waals surface area (Å²) in [6.45, 7) is 1.05. The van der Waals surface area contributed by atoms with Gasteiger partial charge in [-0.05, 0) is 42.7 Å². The summed E-state index contributed by atoms with van der Waals surface area (Å²) < 4.78 is 33.8. The van der Waals surface area contributed by atoms with Gasteiger partial charge < -0.3 is 9.64 Å². The molecule has 0 unspecified atom stereocenters. The van der Waals surface area contributed by atoms with Crippen molar-refractivity contribution < 1.29 is 22.7 Å². The summed E-state index contributed by atoms with van der Waals surface area (Å²) in [7, 11) is -2.65. The Balaban J connectivity index is 1.52. The van der Waals surface area contributed by atoms with Crippen molar-refractivity contribution in [2.45, 2.75) is 55.7 Å². The highest BCUT2D eigenvalue weighted by Crippen LogP contribution is 2.37. The summed E-state index contributed by atoms with van der Waals surface area (Å²) in [5, 5.41) is 0. The van der Waals surface area contributed by atoms with Gasteiger partial charge in [0.05, 0.1) is 19.2 Å². The maximum absolute atomic E-state index is 13.1. The van der Waals surface area contributed by atoms with Crippen molar-refractivity contribution in [2.75, 3.05) is 20.2 Å². The van der Waals surface area contributed by atoms with Crippen LogP contribution in [0.1, 0.15) is 58.5 Å². The van der Waals surface area contributed by atoms with Crippen LogP contribution < -0.4 is 4.72 Å². The van der Waals surface area contributed by atoms with E-state index < -0.39 is 16.0 Å². The fourth-order valence-electron chi connectivity index (χ4n) is 4.72. The highest BCUT2D eigenvalue weighted by atomic mass is 32.2. The summed E-state index contributed by atoms with van der Waals surface area (Å²) in [6.07, 6.45) is 6.13. The minimum atomic E-state index is -3.90. The molecule has 1 aliphatic heterocycles. The second-order valence-corrected chi connectivity index (χ2v) is 11.8. The number of rotatable bonds is 8. The summed E-state index contributed by atoms with van der Waals surface area (Å²) in [6, 6.07) is 9.61. The van der Waals surface area contributed by atoms with Gasteiger partial charge in [0, 0.05) is 24.4 Å². The molecule has 1 amide bonds. The summed E-state index contributed by atoms with van der Waals surface area (Å²) >= 11 is 1.08. The molecule has 1 aromatic carbocycles. The molecule has 1 N–H and O–H groups in total. The quantitative estimate of drug-likeness (QED) is 0.572. The Kier molecular flexibility index (Phi) is 7.51. The van der Waals surface area contributed by atoms with Gasteiger partial charge in [-0.1, -0.05) is 43.2 Å². The van der Waals surface area contributed by atoms with Crippen molar-refractivity contribution in [3.8, 4) is 0 Å². The lowest BCUT2D eigenvalue weighted by atomic mass is 10.0. The zero-order valence-corrected chi connectivity index (χ0v) is 20.5. The number of esters is 1. The molecule has 0 saturated heterocycles. The molecule has 2 aliphatic rings. The van der Waals surface area contributed by atoms with Crippen LogP contribution >= 0.6 is 11.3 Å². The summed E-state index contributed by atoms with van der Waals surface area (Å²) in [4.78, 5) is 28.0. The second-order valence-electron chi connectivity index (χ2n) is 8.71. The molecule has 7 nitrogen and oxygen atoms in total. The van der Waals surface area contributed by atoms with Gasteiger partial charge in [0.2, 0.25) is 5.91 Å². The lowest BCUT2D eigenvalue weighted by Gasteiger charge is -2.28. The number of benzene rings is 1. The molecule has 1 aromatic heterocycles. The molecule has 4 rings (SSSR count). The Morgan fingerprint density at radius 2 is 1.91 bits per heavy atom. The van der Waals surface area contributed by atoms with Crippen LogP contribution in [0.4, 0.5) is 0 Å². The molecule has 2 heterocycles. The Bertz CT molecular complexity index is 1110. The molecular weight excluding hydrogens is 460 g/mol. The maximum Gasteiger partial charge on any atom is 0.340 e. The topological polar surface area (TPSA) is 92.8 Å². The van der Waals surface area contributed by atoms with Gasteiger partial charge in [0.1, 0.15) is 4.21 Å². The zero-order valence-electron chi connectivity index (χ0n) is 18.8. The standard InChI is InChI=1S/C24H30N2O5S2/c1-31-23(28)22-19-12-14-26(21(27)15-18-9-5-6-10-18)16-20(19)32-24(22)33(29,30)25-13-11-17-7-3-2-4-8-17/h2-4,7-8,18,25H,5-6,9-16H2,1H3. The smallest absolute Gasteiger partial charge is 0.340 e. The minimum Gasteiger partial charge on any atom is -0.465 e. The van der Waals surface area contributed by atoms with Crippen molar-refractivity contribution in [1.29, 1.82) is 0 Å². The molecule has 0 spiro atoms. The van der Waals surface area contributed by atoms with E-state index >= 15 is 0 Å². The molecule has 1 fully saturated rings. The van der Waals surface area contributed by atoms with E-state index in [0.717, 1.165) is 34.6 Å². The van der Waals surface area contributed by atoms with Crippen LogP contribution in [-0.2, 0) is 38.9 Å². The number of nitrogens with one attached hydrogen (secondary N) is 1. The van der Waals surface area contributed by atoms with Crippen molar-refractivity contribution in [1.82, 2.24) is 9.62 Å². The third-order valence-corrected chi connectivity index (χ3v) is 9.69. The number of sulfonamides is 1. The van der Waals surface area contributed by atoms with Crippen LogP contribution in [0.15, 0.2) is 34.5 Å². The fraction of sp³-hybridized carbons (Fsp3) is 0.500. The minimum absolute atomic E-state index is 0.0162. The second kappa shape index (κ2) is 10.4. The Morgan fingerprint density at radius 3 is 2.61 bits per heavy atom. The Morgan fingerprint density at radius 1 is 1.18 bits per heavy atom. The molecule has 2 aromatic rings. The van der Waals surface area contributed by atoms with E-state index in [0.29, 0.717) is 43.8 Å². The van der Waals surface area contributed by atoms with Gasteiger partial charge in [-0.2, -0.15) is 0 Å². The largest absolute Gasteiger partial charge is 0.465 e. The number of thiophene rings is 1. The number of carbonyl (C=O) groups excluding carboxylic acids is 2. The molecular formula is C24H30N2O5S2. The SMILES string of the molecule is COC(=O)c1c(S(=O)(=O)NCCc2ccccc2)sc2c1CCN(C(=O)CC1CCCC1)C2. The van der Waals surface area contributed by atoms with Gasteiger partial charge in [-0.15, -0.1) is 11.3 Å². The van der Waals surface area contributed by atoms with Crippen LogP contribution in [0, 0.1) is 5.92 Å². The lowest BCUT2D eigenvalue weighted by molar-refractivity contribution is -0.133. The number of amides is 1. The number of hydrogen-bond acceptors (Lipinski definition) is 6. The van der Waals surface area contributed by atoms with Gasteiger partial charge in [0.15, 0.2) is 0 Å². The van der Waals surface area contributed by atoms with Gasteiger partial charge in [0.25, 0.3) is 10.0 Å². The van der Waals surface area contributed by atoms with Gasteiger partial charge in [-0.25, -0.2) is 17.9 Å². The average Bonchev–Trinajstić information content (AvgIpc) is 3.46. The van der Waals surface area contributed by atoms with E-state index in [2.05, 4.69) is 4.72 Å². The number of fused-ring (bicyclic) bond motifs is 1. The Labute approximate surface area is 199 Å². The third kappa shape index (κ3) is 5.47. The molecule has 9 heteroatoms. The number of nitrogens with zero attached hydrogens (tertiary/aromatic N) is 1. The maximum atomic E-state index is 13.1. The first-order chi connectivity index (χ1) is 15.9. The molecule has 33 heavy (non-hydrogen) atoms.